The number of carbonyl (C=O) groups excluding carboxylic acids is 3. The predicted octanol–water partition coefficient (Wildman–Crippen LogP) is 2.37. The molecule has 0 saturated carbocycles. The SMILES string of the molecule is O=C(COC(=O)[C@H]1CC(=O)N(c2ccccc2)C1)c1ccc([N+](=O)[O-])cc1. The Kier molecular flexibility index (Phi) is 5.25. The van der Waals surface area contributed by atoms with E-state index in [0.29, 0.717) is 5.69 Å². The van der Waals surface area contributed by atoms with E-state index in [4.69, 9.17) is 4.74 Å². The number of Topliss-reactive ketones (excluding diaryl/α,β-unsaturated/α-hetero) is 1. The summed E-state index contributed by atoms with van der Waals surface area (Å²) in [6.45, 7) is -0.278. The van der Waals surface area contributed by atoms with Gasteiger partial charge in [0, 0.05) is 36.3 Å². The first-order valence-electron chi connectivity index (χ1n) is 8.25. The third-order valence-corrected chi connectivity index (χ3v) is 4.27. The third kappa shape index (κ3) is 4.17. The second-order valence-electron chi connectivity index (χ2n) is 6.08. The number of ketones is 1. The second-order valence-corrected chi connectivity index (χ2v) is 6.08. The van der Waals surface area contributed by atoms with E-state index in [1.165, 1.54) is 29.2 Å². The number of amides is 1. The summed E-state index contributed by atoms with van der Waals surface area (Å²) in [6, 6.07) is 14.0. The van der Waals surface area contributed by atoms with Crippen LogP contribution in [0.2, 0.25) is 0 Å². The van der Waals surface area contributed by atoms with E-state index in [1.807, 2.05) is 6.07 Å². The van der Waals surface area contributed by atoms with Crippen LogP contribution in [0.1, 0.15) is 16.8 Å². The second kappa shape index (κ2) is 7.77. The molecule has 1 amide bonds. The number of para-hydroxylation sites is 1. The maximum absolute atomic E-state index is 12.2. The van der Waals surface area contributed by atoms with Gasteiger partial charge >= 0.3 is 5.97 Å². The minimum atomic E-state index is -0.637. The molecule has 0 radical (unpaired) electrons. The number of non-ortho nitro benzene ring substituents is 1. The number of rotatable bonds is 6. The van der Waals surface area contributed by atoms with Crippen molar-refractivity contribution in [2.24, 2.45) is 5.92 Å². The highest BCUT2D eigenvalue weighted by molar-refractivity contribution is 6.01. The Bertz CT molecular complexity index is 879. The molecule has 0 unspecified atom stereocenters. The summed E-state index contributed by atoms with van der Waals surface area (Å²) in [7, 11) is 0. The maximum atomic E-state index is 12.2. The zero-order valence-electron chi connectivity index (χ0n) is 14.2. The van der Waals surface area contributed by atoms with Gasteiger partial charge in [0.15, 0.2) is 12.4 Å². The molecule has 1 saturated heterocycles. The summed E-state index contributed by atoms with van der Waals surface area (Å²) in [5.41, 5.74) is 0.788. The van der Waals surface area contributed by atoms with Crippen LogP contribution in [0.3, 0.4) is 0 Å². The molecule has 1 aliphatic rings. The molecule has 1 fully saturated rings. The monoisotopic (exact) mass is 368 g/mol. The Morgan fingerprint density at radius 2 is 1.78 bits per heavy atom. The van der Waals surface area contributed by atoms with Crippen LogP contribution < -0.4 is 4.90 Å². The Morgan fingerprint density at radius 1 is 1.11 bits per heavy atom. The van der Waals surface area contributed by atoms with Crippen molar-refractivity contribution in [2.45, 2.75) is 6.42 Å². The minimum absolute atomic E-state index is 0.0272. The largest absolute Gasteiger partial charge is 0.457 e. The standard InChI is InChI=1S/C19H16N2O6/c22-17(13-6-8-16(9-7-13)21(25)26)12-27-19(24)14-10-18(23)20(11-14)15-4-2-1-3-5-15/h1-9,14H,10-12H2/t14-/m0/s1. The summed E-state index contributed by atoms with van der Waals surface area (Å²) in [4.78, 5) is 48.0. The van der Waals surface area contributed by atoms with Crippen molar-refractivity contribution in [1.29, 1.82) is 0 Å². The van der Waals surface area contributed by atoms with E-state index in [-0.39, 0.29) is 30.1 Å². The number of benzene rings is 2. The molecule has 0 aliphatic carbocycles. The Balaban J connectivity index is 1.55. The fourth-order valence-electron chi connectivity index (χ4n) is 2.83. The maximum Gasteiger partial charge on any atom is 0.311 e. The quantitative estimate of drug-likeness (QED) is 0.335. The van der Waals surface area contributed by atoms with Gasteiger partial charge in [0.05, 0.1) is 10.8 Å². The topological polar surface area (TPSA) is 107 Å². The van der Waals surface area contributed by atoms with Crippen molar-refractivity contribution in [2.75, 3.05) is 18.1 Å². The van der Waals surface area contributed by atoms with Crippen LogP contribution in [-0.2, 0) is 14.3 Å². The highest BCUT2D eigenvalue weighted by Gasteiger charge is 2.36. The lowest BCUT2D eigenvalue weighted by Crippen LogP contribution is -2.27. The van der Waals surface area contributed by atoms with Crippen LogP contribution in [0.15, 0.2) is 54.6 Å². The average Bonchev–Trinajstić information content (AvgIpc) is 3.08. The summed E-state index contributed by atoms with van der Waals surface area (Å²) < 4.78 is 5.05. The van der Waals surface area contributed by atoms with Crippen LogP contribution in [0.5, 0.6) is 0 Å². The van der Waals surface area contributed by atoms with Gasteiger partial charge in [-0.05, 0) is 24.3 Å². The number of nitro groups is 1. The first kappa shape index (κ1) is 18.2. The molecule has 0 bridgehead atoms. The van der Waals surface area contributed by atoms with Gasteiger partial charge in [-0.3, -0.25) is 24.5 Å². The normalized spacial score (nSPS) is 16.2. The zero-order chi connectivity index (χ0) is 19.4. The highest BCUT2D eigenvalue weighted by Crippen LogP contribution is 2.25. The van der Waals surface area contributed by atoms with E-state index < -0.39 is 29.2 Å². The van der Waals surface area contributed by atoms with Crippen molar-refractivity contribution < 1.29 is 24.0 Å². The smallest absolute Gasteiger partial charge is 0.311 e. The molecule has 2 aromatic rings. The zero-order valence-corrected chi connectivity index (χ0v) is 14.2. The Morgan fingerprint density at radius 3 is 2.41 bits per heavy atom. The van der Waals surface area contributed by atoms with Crippen LogP contribution in [0.25, 0.3) is 0 Å². The van der Waals surface area contributed by atoms with E-state index in [1.54, 1.807) is 24.3 Å². The number of anilines is 1. The first-order valence-corrected chi connectivity index (χ1v) is 8.25. The van der Waals surface area contributed by atoms with Crippen molar-refractivity contribution in [1.82, 2.24) is 0 Å². The summed E-state index contributed by atoms with van der Waals surface area (Å²) in [5.74, 6) is -1.90. The van der Waals surface area contributed by atoms with Crippen molar-refractivity contribution in [3.8, 4) is 0 Å². The van der Waals surface area contributed by atoms with E-state index >= 15 is 0 Å². The number of esters is 1. The fourth-order valence-corrected chi connectivity index (χ4v) is 2.83. The molecule has 27 heavy (non-hydrogen) atoms. The molecule has 8 nitrogen and oxygen atoms in total. The third-order valence-electron chi connectivity index (χ3n) is 4.27. The predicted molar refractivity (Wildman–Crippen MR) is 95.3 cm³/mol. The first-order chi connectivity index (χ1) is 13.0. The van der Waals surface area contributed by atoms with Gasteiger partial charge in [-0.25, -0.2) is 0 Å². The summed E-state index contributed by atoms with van der Waals surface area (Å²) >= 11 is 0. The van der Waals surface area contributed by atoms with Crippen LogP contribution >= 0.6 is 0 Å². The van der Waals surface area contributed by atoms with Gasteiger partial charge in [-0.1, -0.05) is 18.2 Å². The molecule has 3 rings (SSSR count). The van der Waals surface area contributed by atoms with E-state index in [2.05, 4.69) is 0 Å². The lowest BCUT2D eigenvalue weighted by molar-refractivity contribution is -0.384. The molecule has 0 N–H and O–H groups in total. The molecule has 138 valence electrons. The van der Waals surface area contributed by atoms with E-state index in [0.717, 1.165) is 0 Å². The van der Waals surface area contributed by atoms with Gasteiger partial charge in [0.25, 0.3) is 5.69 Å². The van der Waals surface area contributed by atoms with Gasteiger partial charge in [-0.2, -0.15) is 0 Å². The molecule has 1 atom stereocenters. The summed E-state index contributed by atoms with van der Waals surface area (Å²) in [5, 5.41) is 10.6. The number of ether oxygens (including phenoxy) is 1. The van der Waals surface area contributed by atoms with Crippen LogP contribution in [-0.4, -0.2) is 35.7 Å². The molecule has 1 aliphatic heterocycles. The van der Waals surface area contributed by atoms with Crippen molar-refractivity contribution >= 4 is 29.0 Å². The lowest BCUT2D eigenvalue weighted by Gasteiger charge is -2.16. The van der Waals surface area contributed by atoms with Crippen LogP contribution in [0, 0.1) is 16.0 Å². The molecular weight excluding hydrogens is 352 g/mol. The van der Waals surface area contributed by atoms with Gasteiger partial charge in [0.1, 0.15) is 0 Å². The van der Waals surface area contributed by atoms with Crippen LogP contribution in [0.4, 0.5) is 11.4 Å². The van der Waals surface area contributed by atoms with Crippen molar-refractivity contribution in [3.63, 3.8) is 0 Å². The fraction of sp³-hybridized carbons (Fsp3) is 0.211. The average molecular weight is 368 g/mol. The molecule has 0 aromatic heterocycles. The van der Waals surface area contributed by atoms with Gasteiger partial charge < -0.3 is 9.64 Å². The number of carbonyl (C=O) groups is 3. The number of nitro benzene ring substituents is 1. The lowest BCUT2D eigenvalue weighted by atomic mass is 10.1. The van der Waals surface area contributed by atoms with Gasteiger partial charge in [0.2, 0.25) is 5.91 Å². The molecule has 2 aromatic carbocycles. The molecule has 8 heteroatoms. The number of nitrogens with zero attached hydrogens (tertiary/aromatic N) is 2. The highest BCUT2D eigenvalue weighted by atomic mass is 16.6. The summed E-state index contributed by atoms with van der Waals surface area (Å²) in [6.07, 6.45) is 0.0272. The molecular formula is C19H16N2O6. The molecule has 0 spiro atoms. The number of hydrogen-bond donors (Lipinski definition) is 0. The van der Waals surface area contributed by atoms with Gasteiger partial charge in [-0.15, -0.1) is 0 Å². The van der Waals surface area contributed by atoms with E-state index in [9.17, 15) is 24.5 Å². The molecule has 1 heterocycles. The number of hydrogen-bond acceptors (Lipinski definition) is 6. The Hall–Kier alpha value is -3.55. The van der Waals surface area contributed by atoms with Crippen molar-refractivity contribution in [3.05, 3.63) is 70.3 Å². The Labute approximate surface area is 154 Å². The minimum Gasteiger partial charge on any atom is -0.457 e.